The molecule has 0 bridgehead atoms. The average Bonchev–Trinajstić information content (AvgIpc) is 3.15. The number of rotatable bonds is 3. The van der Waals surface area contributed by atoms with Crippen LogP contribution in [0.2, 0.25) is 5.02 Å². The number of fused-ring (bicyclic) bond motifs is 3. The highest BCUT2D eigenvalue weighted by atomic mass is 35.5. The van der Waals surface area contributed by atoms with E-state index in [9.17, 15) is 0 Å². The maximum absolute atomic E-state index is 6.30. The quantitative estimate of drug-likeness (QED) is 0.808. The van der Waals surface area contributed by atoms with Crippen LogP contribution in [0.5, 0.6) is 0 Å². The second-order valence-corrected chi connectivity index (χ2v) is 6.36. The number of nitrogens with one attached hydrogen (secondary N) is 1. The molecule has 2 aromatic heterocycles. The van der Waals surface area contributed by atoms with Crippen LogP contribution >= 0.6 is 11.6 Å². The molecule has 22 heavy (non-hydrogen) atoms. The van der Waals surface area contributed by atoms with E-state index in [0.29, 0.717) is 6.04 Å². The summed E-state index contributed by atoms with van der Waals surface area (Å²) in [4.78, 5) is 10.0. The van der Waals surface area contributed by atoms with Gasteiger partial charge in [-0.25, -0.2) is 9.67 Å². The van der Waals surface area contributed by atoms with Gasteiger partial charge in [0.25, 0.3) is 0 Å². The molecule has 1 aliphatic heterocycles. The molecule has 0 spiro atoms. The Morgan fingerprint density at radius 2 is 2.32 bits per heavy atom. The van der Waals surface area contributed by atoms with E-state index in [4.69, 9.17) is 11.6 Å². The minimum atomic E-state index is 0.317. The zero-order valence-corrected chi connectivity index (χ0v) is 13.2. The van der Waals surface area contributed by atoms with Crippen molar-refractivity contribution in [1.29, 1.82) is 0 Å². The number of para-hydroxylation sites is 1. The largest absolute Gasteiger partial charge is 0.357 e. The molecule has 1 N–H and O–H groups in total. The van der Waals surface area contributed by atoms with Gasteiger partial charge >= 0.3 is 0 Å². The molecule has 1 unspecified atom stereocenters. The molecule has 4 rings (SSSR count). The molecule has 0 saturated carbocycles. The number of nitrogens with zero attached hydrogens (tertiary/aromatic N) is 4. The van der Waals surface area contributed by atoms with Gasteiger partial charge in [-0.15, -0.1) is 0 Å². The van der Waals surface area contributed by atoms with Crippen LogP contribution in [0.15, 0.2) is 30.9 Å². The summed E-state index contributed by atoms with van der Waals surface area (Å²) in [6.07, 6.45) is 4.41. The van der Waals surface area contributed by atoms with Gasteiger partial charge in [-0.1, -0.05) is 23.7 Å². The summed E-state index contributed by atoms with van der Waals surface area (Å²) < 4.78 is 1.92. The van der Waals surface area contributed by atoms with Crippen LogP contribution in [0.3, 0.4) is 0 Å². The smallest absolute Gasteiger partial charge is 0.137 e. The first-order chi connectivity index (χ1) is 10.7. The molecule has 0 fully saturated rings. The van der Waals surface area contributed by atoms with Gasteiger partial charge in [-0.05, 0) is 18.6 Å². The van der Waals surface area contributed by atoms with Gasteiger partial charge in [0.05, 0.1) is 16.6 Å². The van der Waals surface area contributed by atoms with Crippen molar-refractivity contribution in [2.75, 3.05) is 13.1 Å². The molecular formula is C16H18ClN5. The number of benzene rings is 1. The van der Waals surface area contributed by atoms with Gasteiger partial charge in [0, 0.05) is 37.1 Å². The van der Waals surface area contributed by atoms with Gasteiger partial charge in [-0.3, -0.25) is 4.90 Å². The van der Waals surface area contributed by atoms with Crippen LogP contribution < -0.4 is 0 Å². The molecule has 0 saturated heterocycles. The number of aromatic amines is 1. The number of hydrogen-bond donors (Lipinski definition) is 1. The average molecular weight is 316 g/mol. The van der Waals surface area contributed by atoms with E-state index in [-0.39, 0.29) is 0 Å². The maximum atomic E-state index is 6.30. The molecule has 0 amide bonds. The Hall–Kier alpha value is -1.85. The molecule has 5 nitrogen and oxygen atoms in total. The lowest BCUT2D eigenvalue weighted by atomic mass is 10.0. The molecule has 1 aliphatic rings. The SMILES string of the molecule is CC(CN1CCc2[nH]c3c(Cl)cccc3c2C1)n1cncn1. The van der Waals surface area contributed by atoms with Crippen molar-refractivity contribution in [2.45, 2.75) is 25.9 Å². The lowest BCUT2D eigenvalue weighted by Crippen LogP contribution is -2.34. The van der Waals surface area contributed by atoms with Crippen molar-refractivity contribution in [3.05, 3.63) is 47.1 Å². The summed E-state index contributed by atoms with van der Waals surface area (Å²) in [5.41, 5.74) is 3.78. The highest BCUT2D eigenvalue weighted by molar-refractivity contribution is 6.35. The van der Waals surface area contributed by atoms with Crippen LogP contribution in [-0.4, -0.2) is 37.7 Å². The zero-order valence-electron chi connectivity index (χ0n) is 12.5. The normalized spacial score (nSPS) is 16.8. The Morgan fingerprint density at radius 1 is 1.41 bits per heavy atom. The summed E-state index contributed by atoms with van der Waals surface area (Å²) in [5.74, 6) is 0. The first kappa shape index (κ1) is 13.8. The van der Waals surface area contributed by atoms with E-state index < -0.39 is 0 Å². The van der Waals surface area contributed by atoms with E-state index in [1.807, 2.05) is 16.8 Å². The van der Waals surface area contributed by atoms with E-state index in [0.717, 1.165) is 36.6 Å². The fraction of sp³-hybridized carbons (Fsp3) is 0.375. The molecule has 3 aromatic rings. The zero-order chi connectivity index (χ0) is 15.1. The summed E-state index contributed by atoms with van der Waals surface area (Å²) in [7, 11) is 0. The summed E-state index contributed by atoms with van der Waals surface area (Å²) in [6.45, 7) is 5.15. The fourth-order valence-corrected chi connectivity index (χ4v) is 3.54. The standard InChI is InChI=1S/C16H18ClN5/c1-11(22-10-18-9-19-22)7-21-6-5-15-13(8-21)12-3-2-4-14(17)16(12)20-15/h2-4,9-11,20H,5-8H2,1H3. The van der Waals surface area contributed by atoms with Crippen molar-refractivity contribution >= 4 is 22.5 Å². The predicted octanol–water partition coefficient (Wildman–Crippen LogP) is 3.03. The van der Waals surface area contributed by atoms with Crippen LogP contribution in [0, 0.1) is 0 Å². The number of aromatic nitrogens is 4. The van der Waals surface area contributed by atoms with Crippen molar-refractivity contribution in [3.63, 3.8) is 0 Å². The number of hydrogen-bond acceptors (Lipinski definition) is 3. The van der Waals surface area contributed by atoms with Crippen molar-refractivity contribution in [2.24, 2.45) is 0 Å². The predicted molar refractivity (Wildman–Crippen MR) is 87.0 cm³/mol. The van der Waals surface area contributed by atoms with Gasteiger partial charge in [0.15, 0.2) is 0 Å². The summed E-state index contributed by atoms with van der Waals surface area (Å²) in [6, 6.07) is 6.44. The maximum Gasteiger partial charge on any atom is 0.137 e. The van der Waals surface area contributed by atoms with Crippen LogP contribution in [0.25, 0.3) is 10.9 Å². The van der Waals surface area contributed by atoms with Gasteiger partial charge in [0.1, 0.15) is 12.7 Å². The third kappa shape index (κ3) is 2.30. The second kappa shape index (κ2) is 5.41. The van der Waals surface area contributed by atoms with E-state index >= 15 is 0 Å². The monoisotopic (exact) mass is 315 g/mol. The van der Waals surface area contributed by atoms with E-state index in [1.165, 1.54) is 16.6 Å². The highest BCUT2D eigenvalue weighted by Crippen LogP contribution is 2.31. The van der Waals surface area contributed by atoms with Crippen LogP contribution in [-0.2, 0) is 13.0 Å². The topological polar surface area (TPSA) is 49.7 Å². The van der Waals surface area contributed by atoms with Gasteiger partial charge < -0.3 is 4.98 Å². The third-order valence-electron chi connectivity index (χ3n) is 4.45. The molecule has 0 radical (unpaired) electrons. The fourth-order valence-electron chi connectivity index (χ4n) is 3.32. The van der Waals surface area contributed by atoms with Crippen molar-refractivity contribution < 1.29 is 0 Å². The van der Waals surface area contributed by atoms with Crippen molar-refractivity contribution in [3.8, 4) is 0 Å². The molecule has 0 aliphatic carbocycles. The Labute approximate surface area is 133 Å². The van der Waals surface area contributed by atoms with E-state index in [2.05, 4.69) is 33.0 Å². The lowest BCUT2D eigenvalue weighted by molar-refractivity contribution is 0.215. The molecule has 1 atom stereocenters. The highest BCUT2D eigenvalue weighted by Gasteiger charge is 2.22. The van der Waals surface area contributed by atoms with Gasteiger partial charge in [0.2, 0.25) is 0 Å². The molecule has 1 aromatic carbocycles. The Kier molecular flexibility index (Phi) is 3.39. The Balaban J connectivity index is 1.58. The third-order valence-corrected chi connectivity index (χ3v) is 4.76. The first-order valence-electron chi connectivity index (χ1n) is 7.57. The summed E-state index contributed by atoms with van der Waals surface area (Å²) >= 11 is 6.30. The molecule has 3 heterocycles. The summed E-state index contributed by atoms with van der Waals surface area (Å²) in [5, 5.41) is 6.28. The van der Waals surface area contributed by atoms with E-state index in [1.54, 1.807) is 12.7 Å². The minimum Gasteiger partial charge on any atom is -0.357 e. The Morgan fingerprint density at radius 3 is 3.14 bits per heavy atom. The molecule has 6 heteroatoms. The first-order valence-corrected chi connectivity index (χ1v) is 7.94. The molecular weight excluding hydrogens is 298 g/mol. The Bertz CT molecular complexity index is 792. The van der Waals surface area contributed by atoms with Crippen molar-refractivity contribution in [1.82, 2.24) is 24.6 Å². The van der Waals surface area contributed by atoms with Crippen LogP contribution in [0.1, 0.15) is 24.2 Å². The minimum absolute atomic E-state index is 0.317. The second-order valence-electron chi connectivity index (χ2n) is 5.95. The molecule has 114 valence electrons. The van der Waals surface area contributed by atoms with Crippen LogP contribution in [0.4, 0.5) is 0 Å². The number of H-pyrrole nitrogens is 1. The lowest BCUT2D eigenvalue weighted by Gasteiger charge is -2.29. The number of halogens is 1. The van der Waals surface area contributed by atoms with Gasteiger partial charge in [-0.2, -0.15) is 5.10 Å².